The van der Waals surface area contributed by atoms with Gasteiger partial charge in [0.05, 0.1) is 5.97 Å². The van der Waals surface area contributed by atoms with Gasteiger partial charge in [0.25, 0.3) is 0 Å². The van der Waals surface area contributed by atoms with Gasteiger partial charge in [0, 0.05) is 0 Å². The van der Waals surface area contributed by atoms with Crippen LogP contribution in [-0.2, 0) is 9.59 Å². The number of aliphatic carboxylic acids is 1. The molecule has 4 atom stereocenters. The predicted molar refractivity (Wildman–Crippen MR) is 35.1 cm³/mol. The number of carbonyl (C=O) groups excluding carboxylic acids is 2. The third-order valence-electron chi connectivity index (χ3n) is 1.40. The fourth-order valence-electron chi connectivity index (χ4n) is 0.609. The summed E-state index contributed by atoms with van der Waals surface area (Å²) in [5, 5.41) is 44.8. The van der Waals surface area contributed by atoms with Crippen LogP contribution in [-0.4, -0.2) is 57.1 Å². The summed E-state index contributed by atoms with van der Waals surface area (Å²) >= 11 is 0. The van der Waals surface area contributed by atoms with Crippen molar-refractivity contribution >= 4 is 12.3 Å². The third-order valence-corrected chi connectivity index (χ3v) is 1.40. The molecule has 0 unspecified atom stereocenters. The lowest BCUT2D eigenvalue weighted by Gasteiger charge is -2.24. The second kappa shape index (κ2) is 4.87. The van der Waals surface area contributed by atoms with Gasteiger partial charge < -0.3 is 35.1 Å². The number of hydrogen-bond donors (Lipinski definition) is 4. The second-order valence-electron chi connectivity index (χ2n) is 2.37. The van der Waals surface area contributed by atoms with Crippen molar-refractivity contribution < 1.29 is 35.1 Å². The second-order valence-corrected chi connectivity index (χ2v) is 2.37. The molecule has 0 aliphatic carbocycles. The highest BCUT2D eigenvalue weighted by Crippen LogP contribution is 2.03. The van der Waals surface area contributed by atoms with Crippen molar-refractivity contribution in [1.29, 1.82) is 0 Å². The van der Waals surface area contributed by atoms with E-state index >= 15 is 0 Å². The number of aliphatic hydroxyl groups is 4. The number of carbonyl (C=O) groups is 2. The molecule has 0 fully saturated rings. The number of rotatable bonds is 5. The molecular weight excluding hydrogens is 184 g/mol. The Morgan fingerprint density at radius 1 is 1.15 bits per heavy atom. The van der Waals surface area contributed by atoms with E-state index in [2.05, 4.69) is 0 Å². The quantitative estimate of drug-likeness (QED) is 0.322. The molecule has 0 aliphatic heterocycles. The average Bonchev–Trinajstić information content (AvgIpc) is 2.12. The van der Waals surface area contributed by atoms with Crippen LogP contribution in [0.15, 0.2) is 0 Å². The minimum Gasteiger partial charge on any atom is -0.547 e. The van der Waals surface area contributed by atoms with Crippen molar-refractivity contribution in [2.24, 2.45) is 0 Å². The summed E-state index contributed by atoms with van der Waals surface area (Å²) in [4.78, 5) is 19.8. The smallest absolute Gasteiger partial charge is 0.151 e. The van der Waals surface area contributed by atoms with E-state index in [1.807, 2.05) is 0 Å². The number of aldehydes is 1. The van der Waals surface area contributed by atoms with Crippen molar-refractivity contribution in [1.82, 2.24) is 0 Å². The topological polar surface area (TPSA) is 138 Å². The van der Waals surface area contributed by atoms with Gasteiger partial charge in [-0.15, -0.1) is 0 Å². The molecule has 0 bridgehead atoms. The number of carboxylic acids is 1. The van der Waals surface area contributed by atoms with E-state index in [9.17, 15) is 14.7 Å². The molecule has 0 heterocycles. The summed E-state index contributed by atoms with van der Waals surface area (Å²) in [7, 11) is 0. The van der Waals surface area contributed by atoms with E-state index in [-0.39, 0.29) is 6.29 Å². The van der Waals surface area contributed by atoms with Gasteiger partial charge in [-0.1, -0.05) is 0 Å². The normalized spacial score (nSPS) is 20.0. The van der Waals surface area contributed by atoms with Crippen LogP contribution < -0.4 is 5.11 Å². The van der Waals surface area contributed by atoms with E-state index in [4.69, 9.17) is 20.4 Å². The molecule has 0 aliphatic rings. The van der Waals surface area contributed by atoms with Crippen molar-refractivity contribution in [2.75, 3.05) is 0 Å². The average molecular weight is 193 g/mol. The van der Waals surface area contributed by atoms with Crippen LogP contribution in [0.25, 0.3) is 0 Å². The maximum absolute atomic E-state index is 9.95. The number of carboxylic acid groups (broad SMARTS) is 1. The molecule has 0 saturated carbocycles. The molecule has 13 heavy (non-hydrogen) atoms. The summed E-state index contributed by atoms with van der Waals surface area (Å²) in [6, 6.07) is 0. The van der Waals surface area contributed by atoms with Crippen molar-refractivity contribution in [3.8, 4) is 0 Å². The van der Waals surface area contributed by atoms with Gasteiger partial charge in [-0.25, -0.2) is 0 Å². The maximum Gasteiger partial charge on any atom is 0.151 e. The van der Waals surface area contributed by atoms with Crippen LogP contribution in [0.2, 0.25) is 0 Å². The Morgan fingerprint density at radius 2 is 1.62 bits per heavy atom. The highest BCUT2D eigenvalue weighted by atomic mass is 16.4. The van der Waals surface area contributed by atoms with Gasteiger partial charge >= 0.3 is 0 Å². The Labute approximate surface area is 72.9 Å². The lowest BCUT2D eigenvalue weighted by molar-refractivity contribution is -0.320. The Morgan fingerprint density at radius 3 is 1.92 bits per heavy atom. The van der Waals surface area contributed by atoms with Gasteiger partial charge in [0.1, 0.15) is 24.4 Å². The van der Waals surface area contributed by atoms with Crippen molar-refractivity contribution in [2.45, 2.75) is 24.4 Å². The molecule has 4 N–H and O–H groups in total. The standard InChI is InChI=1S/C6H10O7/c7-1-2(8)3(9)4(10)5(11)6(12)13/h1-5,8-11H,(H,12,13)/p-1/t2-,3+,4+,5-/m0/s1. The minimum atomic E-state index is -2.36. The van der Waals surface area contributed by atoms with Gasteiger partial charge in [0.2, 0.25) is 0 Å². The molecule has 0 aromatic rings. The molecule has 0 spiro atoms. The molecule has 7 heteroatoms. The monoisotopic (exact) mass is 193 g/mol. The van der Waals surface area contributed by atoms with Crippen LogP contribution in [0.3, 0.4) is 0 Å². The van der Waals surface area contributed by atoms with Crippen LogP contribution in [0.4, 0.5) is 0 Å². The molecular formula is C6H9O7-. The summed E-state index contributed by atoms with van der Waals surface area (Å²) in [6.45, 7) is 0. The Hall–Kier alpha value is -1.02. The molecule has 0 amide bonds. The fourth-order valence-corrected chi connectivity index (χ4v) is 0.609. The van der Waals surface area contributed by atoms with Gasteiger partial charge in [-0.3, -0.25) is 0 Å². The van der Waals surface area contributed by atoms with Gasteiger partial charge in [0.15, 0.2) is 6.29 Å². The van der Waals surface area contributed by atoms with E-state index in [1.165, 1.54) is 0 Å². The van der Waals surface area contributed by atoms with E-state index in [0.717, 1.165) is 0 Å². The zero-order chi connectivity index (χ0) is 10.6. The number of hydrogen-bond acceptors (Lipinski definition) is 7. The molecule has 0 aromatic carbocycles. The Bertz CT molecular complexity index is 191. The van der Waals surface area contributed by atoms with Crippen LogP contribution in [0, 0.1) is 0 Å². The van der Waals surface area contributed by atoms with E-state index in [0.29, 0.717) is 0 Å². The number of aliphatic hydroxyl groups excluding tert-OH is 4. The SMILES string of the molecule is O=C[C@H](O)[C@@H](O)[C@@H](O)[C@H](O)C(=O)[O-]. The first-order chi connectivity index (χ1) is 5.91. The lowest BCUT2D eigenvalue weighted by atomic mass is 10.0. The fraction of sp³-hybridized carbons (Fsp3) is 0.667. The first-order valence-corrected chi connectivity index (χ1v) is 3.30. The first-order valence-electron chi connectivity index (χ1n) is 3.30. The Kier molecular flexibility index (Phi) is 4.49. The van der Waals surface area contributed by atoms with Crippen molar-refractivity contribution in [3.05, 3.63) is 0 Å². The van der Waals surface area contributed by atoms with Gasteiger partial charge in [-0.05, 0) is 0 Å². The van der Waals surface area contributed by atoms with E-state index < -0.39 is 30.4 Å². The largest absolute Gasteiger partial charge is 0.547 e. The first kappa shape index (κ1) is 12.0. The molecule has 0 radical (unpaired) electrons. The highest BCUT2D eigenvalue weighted by Gasteiger charge is 2.30. The molecule has 0 aromatic heterocycles. The lowest BCUT2D eigenvalue weighted by Crippen LogP contribution is -2.52. The minimum absolute atomic E-state index is 0.101. The zero-order valence-electron chi connectivity index (χ0n) is 6.40. The molecule has 0 saturated heterocycles. The van der Waals surface area contributed by atoms with Crippen molar-refractivity contribution in [3.63, 3.8) is 0 Å². The molecule has 7 nitrogen and oxygen atoms in total. The molecule has 0 rings (SSSR count). The molecule has 76 valence electrons. The summed E-state index contributed by atoms with van der Waals surface area (Å²) in [5.74, 6) is -2.01. The predicted octanol–water partition coefficient (Wildman–Crippen LogP) is -4.62. The van der Waals surface area contributed by atoms with Crippen LogP contribution >= 0.6 is 0 Å². The maximum atomic E-state index is 9.95. The summed E-state index contributed by atoms with van der Waals surface area (Å²) in [6.07, 6.45) is -8.65. The zero-order valence-corrected chi connectivity index (χ0v) is 6.40. The Balaban J connectivity index is 4.32. The van der Waals surface area contributed by atoms with Gasteiger partial charge in [-0.2, -0.15) is 0 Å². The van der Waals surface area contributed by atoms with Crippen LogP contribution in [0.1, 0.15) is 0 Å². The summed E-state index contributed by atoms with van der Waals surface area (Å²) < 4.78 is 0. The highest BCUT2D eigenvalue weighted by molar-refractivity contribution is 5.70. The van der Waals surface area contributed by atoms with E-state index in [1.54, 1.807) is 0 Å². The van der Waals surface area contributed by atoms with Crippen LogP contribution in [0.5, 0.6) is 0 Å². The third kappa shape index (κ3) is 3.07. The summed E-state index contributed by atoms with van der Waals surface area (Å²) in [5.41, 5.74) is 0.